The summed E-state index contributed by atoms with van der Waals surface area (Å²) in [5, 5.41) is 2.70. The molecule has 0 spiro atoms. The van der Waals surface area contributed by atoms with Crippen LogP contribution in [0.5, 0.6) is 5.75 Å². The highest BCUT2D eigenvalue weighted by Gasteiger charge is 2.28. The van der Waals surface area contributed by atoms with E-state index in [9.17, 15) is 21.6 Å². The van der Waals surface area contributed by atoms with Crippen molar-refractivity contribution in [2.45, 2.75) is 16.2 Å². The number of likely N-dealkylation sites (N-methyl/N-ethyl adjacent to an activating group) is 1. The number of hydrogen-bond donors (Lipinski definition) is 1. The van der Waals surface area contributed by atoms with E-state index in [0.717, 1.165) is 9.87 Å². The predicted molar refractivity (Wildman–Crippen MR) is 153 cm³/mol. The molecule has 10 nitrogen and oxygen atoms in total. The summed E-state index contributed by atoms with van der Waals surface area (Å²) in [6, 6.07) is 21.3. The van der Waals surface area contributed by atoms with Crippen LogP contribution in [-0.4, -0.2) is 89.7 Å². The standard InChI is InChI=1S/C28H34N4O6S2/c1-30-18-20-31(21-19-30)39(34,35)26-12-8-24(9-13-26)29-28(33)22-32(17-16-23-6-4-3-5-7-23)40(36,37)27-14-10-25(38-2)11-15-27/h3-15H,16-22H2,1-2H3,(H,29,33). The van der Waals surface area contributed by atoms with Gasteiger partial charge in [0.2, 0.25) is 26.0 Å². The Hall–Kier alpha value is -3.29. The molecule has 0 atom stereocenters. The first-order chi connectivity index (χ1) is 19.1. The second kappa shape index (κ2) is 12.9. The molecule has 0 unspecified atom stereocenters. The molecule has 1 N–H and O–H groups in total. The number of sulfonamides is 2. The van der Waals surface area contributed by atoms with Crippen molar-refractivity contribution in [3.8, 4) is 5.75 Å². The van der Waals surface area contributed by atoms with Crippen molar-refractivity contribution in [1.29, 1.82) is 0 Å². The zero-order valence-corrected chi connectivity index (χ0v) is 24.2. The van der Waals surface area contributed by atoms with Crippen molar-refractivity contribution in [2.75, 3.05) is 58.7 Å². The lowest BCUT2D eigenvalue weighted by atomic mass is 10.1. The maximum absolute atomic E-state index is 13.5. The summed E-state index contributed by atoms with van der Waals surface area (Å²) in [7, 11) is -4.19. The van der Waals surface area contributed by atoms with Crippen LogP contribution in [0.15, 0.2) is 88.7 Å². The highest BCUT2D eigenvalue weighted by molar-refractivity contribution is 7.89. The summed E-state index contributed by atoms with van der Waals surface area (Å²) in [6.45, 7) is 1.83. The largest absolute Gasteiger partial charge is 0.497 e. The number of piperazine rings is 1. The quantitative estimate of drug-likeness (QED) is 0.367. The van der Waals surface area contributed by atoms with Gasteiger partial charge in [0.15, 0.2) is 0 Å². The van der Waals surface area contributed by atoms with E-state index in [1.807, 2.05) is 37.4 Å². The molecular formula is C28H34N4O6S2. The van der Waals surface area contributed by atoms with Crippen molar-refractivity contribution in [2.24, 2.45) is 0 Å². The third-order valence-electron chi connectivity index (χ3n) is 6.75. The molecule has 0 bridgehead atoms. The van der Waals surface area contributed by atoms with Crippen LogP contribution in [0.4, 0.5) is 5.69 Å². The predicted octanol–water partition coefficient (Wildman–Crippen LogP) is 2.50. The Morgan fingerprint density at radius 2 is 1.45 bits per heavy atom. The van der Waals surface area contributed by atoms with Gasteiger partial charge in [-0.1, -0.05) is 30.3 Å². The summed E-state index contributed by atoms with van der Waals surface area (Å²) in [6.07, 6.45) is 0.419. The van der Waals surface area contributed by atoms with E-state index in [4.69, 9.17) is 4.74 Å². The van der Waals surface area contributed by atoms with Crippen LogP contribution >= 0.6 is 0 Å². The molecule has 4 rings (SSSR count). The molecule has 0 aromatic heterocycles. The molecule has 1 amide bonds. The van der Waals surface area contributed by atoms with Crippen LogP contribution in [0.2, 0.25) is 0 Å². The van der Waals surface area contributed by atoms with Gasteiger partial charge in [-0.2, -0.15) is 8.61 Å². The van der Waals surface area contributed by atoms with E-state index >= 15 is 0 Å². The normalized spacial score (nSPS) is 15.2. The average Bonchev–Trinajstić information content (AvgIpc) is 2.96. The summed E-state index contributed by atoms with van der Waals surface area (Å²) in [5.41, 5.74) is 1.31. The molecule has 1 heterocycles. The zero-order chi connectivity index (χ0) is 28.8. The number of benzene rings is 3. The molecule has 1 fully saturated rings. The highest BCUT2D eigenvalue weighted by Crippen LogP contribution is 2.22. The van der Waals surface area contributed by atoms with E-state index in [0.29, 0.717) is 44.0 Å². The second-order valence-corrected chi connectivity index (χ2v) is 13.4. The fourth-order valence-corrected chi connectivity index (χ4v) is 7.15. The van der Waals surface area contributed by atoms with Crippen molar-refractivity contribution in [1.82, 2.24) is 13.5 Å². The molecule has 3 aromatic rings. The number of amides is 1. The van der Waals surface area contributed by atoms with Crippen molar-refractivity contribution < 1.29 is 26.4 Å². The minimum Gasteiger partial charge on any atom is -0.497 e. The Balaban J connectivity index is 1.47. The summed E-state index contributed by atoms with van der Waals surface area (Å²) >= 11 is 0. The summed E-state index contributed by atoms with van der Waals surface area (Å²) in [5.74, 6) is -0.0227. The third kappa shape index (κ3) is 7.26. The topological polar surface area (TPSA) is 116 Å². The van der Waals surface area contributed by atoms with E-state index in [1.54, 1.807) is 12.1 Å². The number of nitrogens with zero attached hydrogens (tertiary/aromatic N) is 3. The van der Waals surface area contributed by atoms with Crippen LogP contribution < -0.4 is 10.1 Å². The Morgan fingerprint density at radius 3 is 2.05 bits per heavy atom. The monoisotopic (exact) mass is 586 g/mol. The molecule has 1 aliphatic rings. The number of hydrogen-bond acceptors (Lipinski definition) is 7. The fraction of sp³-hybridized carbons (Fsp3) is 0.321. The highest BCUT2D eigenvalue weighted by atomic mass is 32.2. The Bertz CT molecular complexity index is 1490. The maximum atomic E-state index is 13.5. The molecule has 0 aliphatic carbocycles. The molecule has 0 radical (unpaired) electrons. The number of rotatable bonds is 11. The van der Waals surface area contributed by atoms with Crippen LogP contribution in [-0.2, 0) is 31.3 Å². The van der Waals surface area contributed by atoms with E-state index in [-0.39, 0.29) is 16.3 Å². The van der Waals surface area contributed by atoms with E-state index in [1.165, 1.54) is 47.8 Å². The van der Waals surface area contributed by atoms with Crippen LogP contribution in [0.1, 0.15) is 5.56 Å². The summed E-state index contributed by atoms with van der Waals surface area (Å²) < 4.78 is 60.7. The lowest BCUT2D eigenvalue weighted by molar-refractivity contribution is -0.116. The molecule has 0 saturated carbocycles. The van der Waals surface area contributed by atoms with Crippen molar-refractivity contribution in [3.63, 3.8) is 0 Å². The van der Waals surface area contributed by atoms with Gasteiger partial charge in [0.25, 0.3) is 0 Å². The lowest BCUT2D eigenvalue weighted by Gasteiger charge is -2.31. The van der Waals surface area contributed by atoms with Gasteiger partial charge in [0.05, 0.1) is 23.4 Å². The van der Waals surface area contributed by atoms with Crippen LogP contribution in [0.25, 0.3) is 0 Å². The SMILES string of the molecule is COc1ccc(S(=O)(=O)N(CCc2ccccc2)CC(=O)Nc2ccc(S(=O)(=O)N3CCN(C)CC3)cc2)cc1. The molecule has 3 aromatic carbocycles. The Morgan fingerprint density at radius 1 is 0.850 bits per heavy atom. The zero-order valence-electron chi connectivity index (χ0n) is 22.6. The molecule has 214 valence electrons. The van der Waals surface area contributed by atoms with Gasteiger partial charge in [-0.25, -0.2) is 16.8 Å². The minimum atomic E-state index is -4.00. The second-order valence-electron chi connectivity index (χ2n) is 9.53. The molecule has 1 saturated heterocycles. The van der Waals surface area contributed by atoms with Gasteiger partial charge in [-0.3, -0.25) is 4.79 Å². The third-order valence-corrected chi connectivity index (χ3v) is 10.5. The van der Waals surface area contributed by atoms with Gasteiger partial charge < -0.3 is 15.0 Å². The first-order valence-electron chi connectivity index (χ1n) is 12.9. The number of carbonyl (C=O) groups excluding carboxylic acids is 1. The minimum absolute atomic E-state index is 0.0487. The summed E-state index contributed by atoms with van der Waals surface area (Å²) in [4.78, 5) is 15.3. The Labute approximate surface area is 236 Å². The van der Waals surface area contributed by atoms with Crippen molar-refractivity contribution >= 4 is 31.6 Å². The fourth-order valence-electron chi connectivity index (χ4n) is 4.33. The number of anilines is 1. The van der Waals surface area contributed by atoms with Gasteiger partial charge in [0, 0.05) is 38.4 Å². The first-order valence-corrected chi connectivity index (χ1v) is 15.7. The van der Waals surface area contributed by atoms with Gasteiger partial charge in [0.1, 0.15) is 5.75 Å². The van der Waals surface area contributed by atoms with Crippen LogP contribution in [0.3, 0.4) is 0 Å². The lowest BCUT2D eigenvalue weighted by Crippen LogP contribution is -2.46. The molecule has 12 heteroatoms. The number of nitrogens with one attached hydrogen (secondary N) is 1. The van der Waals surface area contributed by atoms with Gasteiger partial charge in [-0.15, -0.1) is 0 Å². The van der Waals surface area contributed by atoms with Gasteiger partial charge >= 0.3 is 0 Å². The smallest absolute Gasteiger partial charge is 0.243 e. The Kier molecular flexibility index (Phi) is 9.59. The van der Waals surface area contributed by atoms with Crippen molar-refractivity contribution in [3.05, 3.63) is 84.4 Å². The van der Waals surface area contributed by atoms with Crippen LogP contribution in [0, 0.1) is 0 Å². The number of ether oxygens (including phenoxy) is 1. The first kappa shape index (κ1) is 29.7. The number of carbonyl (C=O) groups is 1. The average molecular weight is 587 g/mol. The van der Waals surface area contributed by atoms with E-state index in [2.05, 4.69) is 10.2 Å². The molecular weight excluding hydrogens is 552 g/mol. The molecule has 40 heavy (non-hydrogen) atoms. The maximum Gasteiger partial charge on any atom is 0.243 e. The number of methoxy groups -OCH3 is 1. The molecule has 1 aliphatic heterocycles. The van der Waals surface area contributed by atoms with E-state index < -0.39 is 32.5 Å². The van der Waals surface area contributed by atoms with Gasteiger partial charge in [-0.05, 0) is 67.6 Å².